The molecule has 0 radical (unpaired) electrons. The summed E-state index contributed by atoms with van der Waals surface area (Å²) in [6, 6.07) is 3.60. The van der Waals surface area contributed by atoms with Gasteiger partial charge in [-0.15, -0.1) is 0 Å². The van der Waals surface area contributed by atoms with Crippen LogP contribution in [0.1, 0.15) is 384 Å². The molecule has 8 heteroatoms. The van der Waals surface area contributed by atoms with Crippen LogP contribution in [-0.4, -0.2) is 51.2 Å². The third-order valence-corrected chi connectivity index (χ3v) is 18.0. The van der Waals surface area contributed by atoms with E-state index in [1.165, 1.54) is 205 Å². The van der Waals surface area contributed by atoms with Crippen LogP contribution in [0.2, 0.25) is 0 Å². The van der Waals surface area contributed by atoms with Gasteiger partial charge in [-0.3, -0.25) is 9.59 Å². The summed E-state index contributed by atoms with van der Waals surface area (Å²) >= 11 is 0. The first-order valence-corrected chi connectivity index (χ1v) is 37.3. The maximum Gasteiger partial charge on any atom is 0.204 e. The lowest BCUT2D eigenvalue weighted by molar-refractivity contribution is 0.0967. The summed E-state index contributed by atoms with van der Waals surface area (Å²) in [6.45, 7) is 25.5. The number of hydrogen-bond donors (Lipinski definition) is 0. The largest absolute Gasteiger partial charge is 0.490 e. The van der Waals surface area contributed by atoms with Gasteiger partial charge < -0.3 is 28.4 Å². The van der Waals surface area contributed by atoms with Gasteiger partial charge >= 0.3 is 0 Å². The molecule has 2 atom stereocenters. The van der Waals surface area contributed by atoms with Crippen LogP contribution in [0.15, 0.2) is 12.1 Å². The minimum Gasteiger partial charge on any atom is -0.490 e. The molecular formula is C78H136O8. The molecule has 0 fully saturated rings. The number of fused-ring (bicyclic) bond motifs is 2. The van der Waals surface area contributed by atoms with Crippen LogP contribution in [-0.2, 0) is 0 Å². The summed E-state index contributed by atoms with van der Waals surface area (Å²) in [7, 11) is 0. The van der Waals surface area contributed by atoms with Gasteiger partial charge in [-0.2, -0.15) is 0 Å². The second-order valence-electron chi connectivity index (χ2n) is 27.4. The lowest BCUT2D eigenvalue weighted by atomic mass is 9.82. The van der Waals surface area contributed by atoms with Crippen LogP contribution in [0.5, 0.6) is 34.5 Å². The SMILES string of the molecule is CCCCCCCCCCCOc1cc2c(c(OCCC(C)CCCC(C)C)c1OCCCCCCCCCCC)C(=O)c1cc(OCCCCCCCCCCC)c(OCCCCCCCCCCC)c(OCCC(C)CCCC(C)C)c1C2=O. The first-order chi connectivity index (χ1) is 42.0. The van der Waals surface area contributed by atoms with E-state index < -0.39 is 0 Å². The van der Waals surface area contributed by atoms with Crippen molar-refractivity contribution in [1.82, 2.24) is 0 Å². The van der Waals surface area contributed by atoms with Crippen molar-refractivity contribution in [3.05, 3.63) is 34.4 Å². The molecule has 0 saturated heterocycles. The predicted molar refractivity (Wildman–Crippen MR) is 367 cm³/mol. The molecule has 3 rings (SSSR count). The molecule has 0 heterocycles. The number of carbonyl (C=O) groups excluding carboxylic acids is 2. The minimum absolute atomic E-state index is 0.255. The van der Waals surface area contributed by atoms with Crippen molar-refractivity contribution in [2.45, 2.75) is 352 Å². The van der Waals surface area contributed by atoms with Crippen molar-refractivity contribution in [3.63, 3.8) is 0 Å². The number of ether oxygens (including phenoxy) is 6. The number of unbranched alkanes of at least 4 members (excludes halogenated alkanes) is 32. The molecule has 0 saturated carbocycles. The fraction of sp³-hybridized carbons (Fsp3) is 0.821. The number of benzene rings is 2. The Morgan fingerprint density at radius 1 is 0.267 bits per heavy atom. The highest BCUT2D eigenvalue weighted by atomic mass is 16.5. The Kier molecular flexibility index (Phi) is 45.0. The third kappa shape index (κ3) is 32.9. The number of hydrogen-bond acceptors (Lipinski definition) is 8. The molecule has 1 aliphatic carbocycles. The van der Waals surface area contributed by atoms with Crippen molar-refractivity contribution >= 4 is 11.6 Å². The molecule has 0 amide bonds. The number of rotatable bonds is 60. The van der Waals surface area contributed by atoms with E-state index >= 15 is 9.59 Å². The first kappa shape index (κ1) is 76.8. The van der Waals surface area contributed by atoms with Crippen LogP contribution in [0.3, 0.4) is 0 Å². The van der Waals surface area contributed by atoms with Crippen molar-refractivity contribution in [1.29, 1.82) is 0 Å². The molecule has 2 unspecified atom stereocenters. The van der Waals surface area contributed by atoms with Crippen molar-refractivity contribution in [2.75, 3.05) is 39.6 Å². The monoisotopic (exact) mass is 1200 g/mol. The van der Waals surface area contributed by atoms with E-state index in [1.54, 1.807) is 12.1 Å². The Hall–Kier alpha value is -3.42. The maximum absolute atomic E-state index is 15.9. The summed E-state index contributed by atoms with van der Waals surface area (Å²) in [5.74, 6) is 4.14. The Balaban J connectivity index is 2.17. The van der Waals surface area contributed by atoms with E-state index in [-0.39, 0.29) is 33.8 Å². The molecule has 0 aliphatic heterocycles. The van der Waals surface area contributed by atoms with Gasteiger partial charge in [0, 0.05) is 11.1 Å². The van der Waals surface area contributed by atoms with E-state index in [0.29, 0.717) is 97.8 Å². The average Bonchev–Trinajstić information content (AvgIpc) is 0.746. The molecule has 86 heavy (non-hydrogen) atoms. The summed E-state index contributed by atoms with van der Waals surface area (Å²) in [6.07, 6.45) is 51.9. The van der Waals surface area contributed by atoms with Gasteiger partial charge in [0.15, 0.2) is 34.6 Å². The van der Waals surface area contributed by atoms with E-state index in [1.807, 2.05) is 0 Å². The lowest BCUT2D eigenvalue weighted by Gasteiger charge is -2.28. The Bertz CT molecular complexity index is 1860. The molecule has 8 nitrogen and oxygen atoms in total. The van der Waals surface area contributed by atoms with Crippen molar-refractivity contribution in [2.24, 2.45) is 23.7 Å². The smallest absolute Gasteiger partial charge is 0.204 e. The highest BCUT2D eigenvalue weighted by Crippen LogP contribution is 2.51. The average molecular weight is 1200 g/mol. The quantitative estimate of drug-likeness (QED) is 0.0517. The third-order valence-electron chi connectivity index (χ3n) is 18.0. The zero-order valence-corrected chi connectivity index (χ0v) is 58.1. The molecule has 0 spiro atoms. The molecule has 496 valence electrons. The lowest BCUT2D eigenvalue weighted by Crippen LogP contribution is -2.25. The number of ketones is 2. The second kappa shape index (κ2) is 50.3. The van der Waals surface area contributed by atoms with Crippen molar-refractivity contribution < 1.29 is 38.0 Å². The van der Waals surface area contributed by atoms with Crippen LogP contribution in [0, 0.1) is 23.7 Å². The zero-order valence-electron chi connectivity index (χ0n) is 58.1. The van der Waals surface area contributed by atoms with Gasteiger partial charge in [0.25, 0.3) is 0 Å². The second-order valence-corrected chi connectivity index (χ2v) is 27.4. The van der Waals surface area contributed by atoms with E-state index in [2.05, 4.69) is 69.2 Å². The molecule has 2 aromatic rings. The fourth-order valence-electron chi connectivity index (χ4n) is 12.2. The Morgan fingerprint density at radius 3 is 0.779 bits per heavy atom. The summed E-state index contributed by atoms with van der Waals surface area (Å²) in [5, 5.41) is 0. The van der Waals surface area contributed by atoms with E-state index in [4.69, 9.17) is 28.4 Å². The molecule has 0 bridgehead atoms. The van der Waals surface area contributed by atoms with Crippen LogP contribution in [0.4, 0.5) is 0 Å². The van der Waals surface area contributed by atoms with Gasteiger partial charge in [-0.1, -0.05) is 313 Å². The maximum atomic E-state index is 15.9. The van der Waals surface area contributed by atoms with Crippen LogP contribution < -0.4 is 28.4 Å². The number of carbonyl (C=O) groups is 2. The highest BCUT2D eigenvalue weighted by molar-refractivity contribution is 6.31. The first-order valence-electron chi connectivity index (χ1n) is 37.3. The molecule has 1 aliphatic rings. The van der Waals surface area contributed by atoms with Gasteiger partial charge in [-0.05, 0) is 74.3 Å². The van der Waals surface area contributed by atoms with E-state index in [0.717, 1.165) is 77.0 Å². The zero-order chi connectivity index (χ0) is 62.2. The van der Waals surface area contributed by atoms with Gasteiger partial charge in [0.1, 0.15) is 0 Å². The fourth-order valence-corrected chi connectivity index (χ4v) is 12.2. The van der Waals surface area contributed by atoms with Gasteiger partial charge in [-0.25, -0.2) is 0 Å². The molecule has 2 aromatic carbocycles. The molecular weight excluding hydrogens is 1060 g/mol. The summed E-state index contributed by atoms with van der Waals surface area (Å²) in [5.41, 5.74) is 1.07. The summed E-state index contributed by atoms with van der Waals surface area (Å²) < 4.78 is 41.3. The topological polar surface area (TPSA) is 89.5 Å². The Morgan fingerprint density at radius 2 is 0.512 bits per heavy atom. The molecule has 0 N–H and O–H groups in total. The standard InChI is InChI=1S/C78H136O8/c1-11-15-19-23-27-31-35-39-43-55-81-69-61-67-71(77(85-59-53-65(9)51-47-49-63(5)6)75(69)83-57-45-41-37-33-29-25-21-17-13-3)74(80)68-62-70(82-56-44-40-36-32-28-24-20-16-12-2)76(84-58-46-42-38-34-30-26-22-18-14-4)78(72(68)73(67)79)86-60-54-66(10)52-48-50-64(7)8/h61-66H,11-60H2,1-10H3. The highest BCUT2D eigenvalue weighted by Gasteiger charge is 2.41. The van der Waals surface area contributed by atoms with Gasteiger partial charge in [0.05, 0.1) is 50.8 Å². The normalized spacial score (nSPS) is 12.9. The Labute approximate surface area is 531 Å². The van der Waals surface area contributed by atoms with E-state index in [9.17, 15) is 0 Å². The predicted octanol–water partition coefficient (Wildman–Crippen LogP) is 24.6. The van der Waals surface area contributed by atoms with Crippen LogP contribution in [0.25, 0.3) is 0 Å². The molecule has 0 aromatic heterocycles. The van der Waals surface area contributed by atoms with Crippen LogP contribution >= 0.6 is 0 Å². The summed E-state index contributed by atoms with van der Waals surface area (Å²) in [4.78, 5) is 31.8. The van der Waals surface area contributed by atoms with Gasteiger partial charge in [0.2, 0.25) is 11.5 Å². The minimum atomic E-state index is -0.279. The van der Waals surface area contributed by atoms with Crippen molar-refractivity contribution in [3.8, 4) is 34.5 Å².